The Hall–Kier alpha value is -2.49. The zero-order valence-electron chi connectivity index (χ0n) is 10.2. The van der Waals surface area contributed by atoms with Crippen molar-refractivity contribution >= 4 is 17.4 Å². The van der Waals surface area contributed by atoms with E-state index in [4.69, 9.17) is 0 Å². The fraction of sp³-hybridized carbons (Fsp3) is 0.0667. The minimum Gasteiger partial charge on any atom is -0.326 e. The zero-order chi connectivity index (χ0) is 13.6. The van der Waals surface area contributed by atoms with Crippen molar-refractivity contribution in [3.63, 3.8) is 0 Å². The minimum atomic E-state index is -0.456. The maximum Gasteiger partial charge on any atom is 0.221 e. The number of anilines is 1. The molecule has 1 N–H and O–H groups in total. The Morgan fingerprint density at radius 3 is 2.42 bits per heavy atom. The summed E-state index contributed by atoms with van der Waals surface area (Å²) in [5, 5.41) is 2.57. The van der Waals surface area contributed by atoms with Gasteiger partial charge in [0.2, 0.25) is 5.91 Å². The van der Waals surface area contributed by atoms with Gasteiger partial charge in [0.05, 0.1) is 11.3 Å². The number of nitrogens with one attached hydrogen (secondary N) is 1. The highest BCUT2D eigenvalue weighted by atomic mass is 19.1. The standard InChI is InChI=1S/C15H10FNO2/c1-8(18)17-12-7-6-11(16)13-9-4-2-3-5-10(9)15(19)14(12)13/h2-7H,1H3,(H,17,18). The monoisotopic (exact) mass is 255 g/mol. The third-order valence-electron chi connectivity index (χ3n) is 3.13. The molecule has 94 valence electrons. The summed E-state index contributed by atoms with van der Waals surface area (Å²) in [6.45, 7) is 1.35. The summed E-state index contributed by atoms with van der Waals surface area (Å²) in [5.74, 6) is -1.01. The largest absolute Gasteiger partial charge is 0.326 e. The number of ketones is 1. The Kier molecular flexibility index (Phi) is 2.45. The Labute approximate surface area is 109 Å². The molecule has 2 aromatic rings. The molecule has 1 aliphatic carbocycles. The summed E-state index contributed by atoms with van der Waals surface area (Å²) < 4.78 is 14.0. The van der Waals surface area contributed by atoms with E-state index in [1.165, 1.54) is 19.1 Å². The molecule has 0 bridgehead atoms. The van der Waals surface area contributed by atoms with Crippen LogP contribution in [0.15, 0.2) is 36.4 Å². The molecule has 0 saturated carbocycles. The molecular weight excluding hydrogens is 245 g/mol. The topological polar surface area (TPSA) is 46.2 Å². The fourth-order valence-electron chi connectivity index (χ4n) is 2.40. The lowest BCUT2D eigenvalue weighted by Crippen LogP contribution is -2.10. The Morgan fingerprint density at radius 2 is 1.74 bits per heavy atom. The van der Waals surface area contributed by atoms with Crippen LogP contribution in [0.2, 0.25) is 0 Å². The number of carbonyl (C=O) groups excluding carboxylic acids is 2. The van der Waals surface area contributed by atoms with Gasteiger partial charge in [-0.1, -0.05) is 24.3 Å². The molecule has 0 heterocycles. The molecule has 0 unspecified atom stereocenters. The molecular formula is C15H10FNO2. The average Bonchev–Trinajstić information content (AvgIpc) is 2.68. The molecule has 3 nitrogen and oxygen atoms in total. The molecule has 0 saturated heterocycles. The van der Waals surface area contributed by atoms with Crippen LogP contribution in [0.4, 0.5) is 10.1 Å². The number of amides is 1. The van der Waals surface area contributed by atoms with Gasteiger partial charge in [0, 0.05) is 18.1 Å². The van der Waals surface area contributed by atoms with Crippen LogP contribution in [0.5, 0.6) is 0 Å². The molecule has 4 heteroatoms. The quantitative estimate of drug-likeness (QED) is 0.726. The number of hydrogen-bond donors (Lipinski definition) is 1. The molecule has 19 heavy (non-hydrogen) atoms. The molecule has 3 rings (SSSR count). The average molecular weight is 255 g/mol. The molecule has 0 fully saturated rings. The van der Waals surface area contributed by atoms with E-state index in [9.17, 15) is 14.0 Å². The fourth-order valence-corrected chi connectivity index (χ4v) is 2.40. The first-order chi connectivity index (χ1) is 9.09. The van der Waals surface area contributed by atoms with Crippen molar-refractivity contribution in [3.8, 4) is 11.1 Å². The van der Waals surface area contributed by atoms with Gasteiger partial charge in [0.15, 0.2) is 5.78 Å². The summed E-state index contributed by atoms with van der Waals surface area (Å²) in [7, 11) is 0. The highest BCUT2D eigenvalue weighted by molar-refractivity contribution is 6.25. The van der Waals surface area contributed by atoms with Crippen LogP contribution in [0.3, 0.4) is 0 Å². The second kappa shape index (κ2) is 4.02. The smallest absolute Gasteiger partial charge is 0.221 e. The first-order valence-corrected chi connectivity index (χ1v) is 5.84. The second-order valence-corrected chi connectivity index (χ2v) is 4.40. The van der Waals surface area contributed by atoms with Gasteiger partial charge in [-0.15, -0.1) is 0 Å². The Morgan fingerprint density at radius 1 is 1.05 bits per heavy atom. The van der Waals surface area contributed by atoms with Gasteiger partial charge in [0.25, 0.3) is 0 Å². The van der Waals surface area contributed by atoms with Crippen LogP contribution in [0.25, 0.3) is 11.1 Å². The lowest BCUT2D eigenvalue weighted by Gasteiger charge is -2.08. The zero-order valence-corrected chi connectivity index (χ0v) is 10.2. The van der Waals surface area contributed by atoms with Gasteiger partial charge >= 0.3 is 0 Å². The SMILES string of the molecule is CC(=O)Nc1ccc(F)c2c1C(=O)c1ccccc1-2. The van der Waals surface area contributed by atoms with Crippen molar-refractivity contribution < 1.29 is 14.0 Å². The molecule has 2 aromatic carbocycles. The number of carbonyl (C=O) groups is 2. The van der Waals surface area contributed by atoms with Gasteiger partial charge in [-0.2, -0.15) is 0 Å². The van der Waals surface area contributed by atoms with E-state index in [-0.39, 0.29) is 22.8 Å². The molecule has 0 atom stereocenters. The van der Waals surface area contributed by atoms with Crippen LogP contribution in [0.1, 0.15) is 22.8 Å². The summed E-state index contributed by atoms with van der Waals surface area (Å²) >= 11 is 0. The van der Waals surface area contributed by atoms with Gasteiger partial charge < -0.3 is 5.32 Å². The van der Waals surface area contributed by atoms with E-state index in [2.05, 4.69) is 5.32 Å². The Balaban J connectivity index is 2.30. The number of hydrogen-bond acceptors (Lipinski definition) is 2. The number of fused-ring (bicyclic) bond motifs is 3. The highest BCUT2D eigenvalue weighted by Gasteiger charge is 2.31. The van der Waals surface area contributed by atoms with Crippen molar-refractivity contribution in [2.75, 3.05) is 5.32 Å². The van der Waals surface area contributed by atoms with Crippen LogP contribution in [0, 0.1) is 5.82 Å². The van der Waals surface area contributed by atoms with Gasteiger partial charge in [-0.05, 0) is 17.7 Å². The van der Waals surface area contributed by atoms with Gasteiger partial charge in [-0.25, -0.2) is 4.39 Å². The van der Waals surface area contributed by atoms with Crippen LogP contribution >= 0.6 is 0 Å². The maximum absolute atomic E-state index is 14.0. The molecule has 0 radical (unpaired) electrons. The summed E-state index contributed by atoms with van der Waals surface area (Å²) in [4.78, 5) is 23.5. The molecule has 1 amide bonds. The molecule has 0 aromatic heterocycles. The third kappa shape index (κ3) is 1.64. The van der Waals surface area contributed by atoms with E-state index in [1.54, 1.807) is 24.3 Å². The van der Waals surface area contributed by atoms with Crippen molar-refractivity contribution in [1.29, 1.82) is 0 Å². The predicted molar refractivity (Wildman–Crippen MR) is 69.6 cm³/mol. The molecule has 0 aliphatic heterocycles. The van der Waals surface area contributed by atoms with E-state index >= 15 is 0 Å². The predicted octanol–water partition coefficient (Wildman–Crippen LogP) is 3.00. The lowest BCUT2D eigenvalue weighted by molar-refractivity contribution is -0.114. The number of halogens is 1. The third-order valence-corrected chi connectivity index (χ3v) is 3.13. The van der Waals surface area contributed by atoms with Crippen molar-refractivity contribution in [2.45, 2.75) is 6.92 Å². The first-order valence-electron chi connectivity index (χ1n) is 5.84. The normalized spacial score (nSPS) is 12.0. The lowest BCUT2D eigenvalue weighted by atomic mass is 10.0. The molecule has 1 aliphatic rings. The Bertz CT molecular complexity index is 722. The summed E-state index contributed by atoms with van der Waals surface area (Å²) in [6.07, 6.45) is 0. The first kappa shape index (κ1) is 11.6. The summed E-state index contributed by atoms with van der Waals surface area (Å²) in [5.41, 5.74) is 1.90. The number of rotatable bonds is 1. The van der Waals surface area contributed by atoms with Crippen molar-refractivity contribution in [1.82, 2.24) is 0 Å². The van der Waals surface area contributed by atoms with Gasteiger partial charge in [-0.3, -0.25) is 9.59 Å². The van der Waals surface area contributed by atoms with E-state index in [0.29, 0.717) is 16.8 Å². The van der Waals surface area contributed by atoms with Crippen LogP contribution in [-0.4, -0.2) is 11.7 Å². The second-order valence-electron chi connectivity index (χ2n) is 4.40. The van der Waals surface area contributed by atoms with Gasteiger partial charge in [0.1, 0.15) is 5.82 Å². The minimum absolute atomic E-state index is 0.233. The number of benzene rings is 2. The van der Waals surface area contributed by atoms with Crippen LogP contribution in [-0.2, 0) is 4.79 Å². The summed E-state index contributed by atoms with van der Waals surface area (Å²) in [6, 6.07) is 9.54. The maximum atomic E-state index is 14.0. The highest BCUT2D eigenvalue weighted by Crippen LogP contribution is 2.41. The van der Waals surface area contributed by atoms with E-state index < -0.39 is 5.82 Å². The van der Waals surface area contributed by atoms with Crippen LogP contribution < -0.4 is 5.32 Å². The van der Waals surface area contributed by atoms with Crippen molar-refractivity contribution in [2.24, 2.45) is 0 Å². The van der Waals surface area contributed by atoms with E-state index in [0.717, 1.165) is 0 Å². The van der Waals surface area contributed by atoms with Crippen molar-refractivity contribution in [3.05, 3.63) is 53.3 Å². The molecule has 0 spiro atoms. The van der Waals surface area contributed by atoms with E-state index in [1.807, 2.05) is 0 Å².